The highest BCUT2D eigenvalue weighted by Crippen LogP contribution is 2.30. The topological polar surface area (TPSA) is 42.8 Å². The van der Waals surface area contributed by atoms with Gasteiger partial charge in [-0.2, -0.15) is 5.10 Å². The molecule has 0 radical (unpaired) electrons. The minimum Gasteiger partial charge on any atom is -0.457 e. The van der Waals surface area contributed by atoms with Gasteiger partial charge in [0.2, 0.25) is 0 Å². The van der Waals surface area contributed by atoms with E-state index in [4.69, 9.17) is 4.74 Å². The number of nitrogens with one attached hydrogen (secondary N) is 1. The van der Waals surface area contributed by atoms with Gasteiger partial charge >= 0.3 is 0 Å². The van der Waals surface area contributed by atoms with Crippen molar-refractivity contribution in [3.8, 4) is 17.2 Å². The molecule has 4 heteroatoms. The number of hydrogen-bond donors (Lipinski definition) is 1. The van der Waals surface area contributed by atoms with Crippen molar-refractivity contribution >= 4 is 21.8 Å². The zero-order chi connectivity index (χ0) is 16.6. The van der Waals surface area contributed by atoms with Gasteiger partial charge in [0.05, 0.1) is 11.2 Å². The van der Waals surface area contributed by atoms with Crippen molar-refractivity contribution < 1.29 is 4.74 Å². The van der Waals surface area contributed by atoms with Crippen molar-refractivity contribution in [2.45, 2.75) is 0 Å². The molecule has 0 bridgehead atoms. The number of aromatic nitrogens is 3. The highest BCUT2D eigenvalue weighted by Gasteiger charge is 2.06. The normalized spacial score (nSPS) is 11.2. The van der Waals surface area contributed by atoms with Crippen LogP contribution in [-0.2, 0) is 0 Å². The summed E-state index contributed by atoms with van der Waals surface area (Å²) in [7, 11) is 0. The average Bonchev–Trinajstić information content (AvgIpc) is 3.29. The summed E-state index contributed by atoms with van der Waals surface area (Å²) in [5.41, 5.74) is 3.17. The van der Waals surface area contributed by atoms with E-state index >= 15 is 0 Å². The Balaban J connectivity index is 1.51. The largest absolute Gasteiger partial charge is 0.457 e. The van der Waals surface area contributed by atoms with Gasteiger partial charge in [-0.3, -0.25) is 0 Å². The number of benzene rings is 3. The first-order chi connectivity index (χ1) is 12.4. The minimum atomic E-state index is 0.781. The number of aromatic amines is 1. The lowest BCUT2D eigenvalue weighted by molar-refractivity contribution is 0.483. The SMILES string of the molecule is c1cc(Oc2ccc3c(c2)[nH]c2ccccc23)cc(-n2cccn2)c1. The summed E-state index contributed by atoms with van der Waals surface area (Å²) >= 11 is 0. The predicted octanol–water partition coefficient (Wildman–Crippen LogP) is 5.30. The molecule has 25 heavy (non-hydrogen) atoms. The van der Waals surface area contributed by atoms with Crippen molar-refractivity contribution in [1.29, 1.82) is 0 Å². The molecule has 120 valence electrons. The molecule has 0 unspecified atom stereocenters. The number of ether oxygens (including phenoxy) is 1. The van der Waals surface area contributed by atoms with Gasteiger partial charge in [-0.15, -0.1) is 0 Å². The molecule has 2 aromatic heterocycles. The van der Waals surface area contributed by atoms with E-state index in [0.29, 0.717) is 0 Å². The van der Waals surface area contributed by atoms with Crippen LogP contribution in [0.4, 0.5) is 0 Å². The molecule has 0 saturated carbocycles. The van der Waals surface area contributed by atoms with Crippen LogP contribution in [0.15, 0.2) is 85.2 Å². The lowest BCUT2D eigenvalue weighted by Gasteiger charge is -2.08. The molecule has 2 heterocycles. The van der Waals surface area contributed by atoms with Gasteiger partial charge in [-0.05, 0) is 36.4 Å². The summed E-state index contributed by atoms with van der Waals surface area (Å²) in [4.78, 5) is 3.44. The lowest BCUT2D eigenvalue weighted by Crippen LogP contribution is -1.94. The molecule has 3 aromatic carbocycles. The third-order valence-electron chi connectivity index (χ3n) is 4.30. The second kappa shape index (κ2) is 5.53. The number of fused-ring (bicyclic) bond motifs is 3. The summed E-state index contributed by atoms with van der Waals surface area (Å²) in [6.07, 6.45) is 3.67. The van der Waals surface area contributed by atoms with Gasteiger partial charge in [0.15, 0.2) is 0 Å². The summed E-state index contributed by atoms with van der Waals surface area (Å²) < 4.78 is 7.87. The maximum Gasteiger partial charge on any atom is 0.129 e. The molecule has 0 atom stereocenters. The fourth-order valence-electron chi connectivity index (χ4n) is 3.14. The Morgan fingerprint density at radius 2 is 1.64 bits per heavy atom. The van der Waals surface area contributed by atoms with E-state index in [9.17, 15) is 0 Å². The first-order valence-corrected chi connectivity index (χ1v) is 8.15. The van der Waals surface area contributed by atoms with Crippen LogP contribution in [0.5, 0.6) is 11.5 Å². The van der Waals surface area contributed by atoms with Crippen LogP contribution in [0.1, 0.15) is 0 Å². The number of hydrogen-bond acceptors (Lipinski definition) is 2. The summed E-state index contributed by atoms with van der Waals surface area (Å²) in [6.45, 7) is 0. The van der Waals surface area contributed by atoms with Crippen LogP contribution in [-0.4, -0.2) is 14.8 Å². The number of H-pyrrole nitrogens is 1. The fraction of sp³-hybridized carbons (Fsp3) is 0. The molecular formula is C21H15N3O. The van der Waals surface area contributed by atoms with Crippen LogP contribution >= 0.6 is 0 Å². The van der Waals surface area contributed by atoms with E-state index in [-0.39, 0.29) is 0 Å². The zero-order valence-electron chi connectivity index (χ0n) is 13.4. The van der Waals surface area contributed by atoms with Gasteiger partial charge in [-0.25, -0.2) is 4.68 Å². The molecule has 0 aliphatic rings. The van der Waals surface area contributed by atoms with Gasteiger partial charge in [0.25, 0.3) is 0 Å². The molecular weight excluding hydrogens is 310 g/mol. The highest BCUT2D eigenvalue weighted by molar-refractivity contribution is 6.07. The Morgan fingerprint density at radius 3 is 2.56 bits per heavy atom. The Morgan fingerprint density at radius 1 is 0.760 bits per heavy atom. The molecule has 0 spiro atoms. The summed E-state index contributed by atoms with van der Waals surface area (Å²) in [5.74, 6) is 1.58. The van der Waals surface area contributed by atoms with Crippen LogP contribution in [0.25, 0.3) is 27.5 Å². The second-order valence-corrected chi connectivity index (χ2v) is 5.93. The van der Waals surface area contributed by atoms with Crippen molar-refractivity contribution in [3.05, 3.63) is 85.2 Å². The van der Waals surface area contributed by atoms with E-state index in [1.165, 1.54) is 10.8 Å². The summed E-state index contributed by atoms with van der Waals surface area (Å²) in [5, 5.41) is 6.68. The Labute approximate surface area is 144 Å². The van der Waals surface area contributed by atoms with Gasteiger partial charge < -0.3 is 9.72 Å². The molecule has 0 saturated heterocycles. The van der Waals surface area contributed by atoms with Crippen LogP contribution in [0, 0.1) is 0 Å². The standard InChI is InChI=1S/C21H15N3O/c1-2-8-20-18(7-1)19-10-9-17(14-21(19)23-20)25-16-6-3-5-15(13-16)24-12-4-11-22-24/h1-14,23H. The van der Waals surface area contributed by atoms with Gasteiger partial charge in [0, 0.05) is 40.8 Å². The smallest absolute Gasteiger partial charge is 0.129 e. The Bertz CT molecular complexity index is 1170. The van der Waals surface area contributed by atoms with Gasteiger partial charge in [0.1, 0.15) is 11.5 Å². The van der Waals surface area contributed by atoms with E-state index in [2.05, 4.69) is 34.3 Å². The molecule has 0 amide bonds. The van der Waals surface area contributed by atoms with Crippen LogP contribution < -0.4 is 4.74 Å². The van der Waals surface area contributed by atoms with Crippen LogP contribution in [0.3, 0.4) is 0 Å². The molecule has 0 aliphatic heterocycles. The molecule has 5 aromatic rings. The predicted molar refractivity (Wildman–Crippen MR) is 99.4 cm³/mol. The third kappa shape index (κ3) is 2.44. The Hall–Kier alpha value is -3.53. The third-order valence-corrected chi connectivity index (χ3v) is 4.30. The molecule has 0 fully saturated rings. The second-order valence-electron chi connectivity index (χ2n) is 5.93. The highest BCUT2D eigenvalue weighted by atomic mass is 16.5. The molecule has 1 N–H and O–H groups in total. The van der Waals surface area contributed by atoms with Crippen molar-refractivity contribution in [3.63, 3.8) is 0 Å². The van der Waals surface area contributed by atoms with Crippen molar-refractivity contribution in [1.82, 2.24) is 14.8 Å². The van der Waals surface area contributed by atoms with Gasteiger partial charge in [-0.1, -0.05) is 24.3 Å². The van der Waals surface area contributed by atoms with Crippen molar-refractivity contribution in [2.24, 2.45) is 0 Å². The maximum absolute atomic E-state index is 6.06. The molecule has 4 nitrogen and oxygen atoms in total. The Kier molecular flexibility index (Phi) is 3.07. The number of rotatable bonds is 3. The first-order valence-electron chi connectivity index (χ1n) is 8.15. The number of nitrogens with zero attached hydrogens (tertiary/aromatic N) is 2. The van der Waals surface area contributed by atoms with Crippen LogP contribution in [0.2, 0.25) is 0 Å². The number of para-hydroxylation sites is 1. The lowest BCUT2D eigenvalue weighted by atomic mass is 10.1. The molecule has 5 rings (SSSR count). The minimum absolute atomic E-state index is 0.781. The molecule has 0 aliphatic carbocycles. The van der Waals surface area contributed by atoms with E-state index in [1.54, 1.807) is 6.20 Å². The van der Waals surface area contributed by atoms with E-state index < -0.39 is 0 Å². The van der Waals surface area contributed by atoms with E-state index in [1.807, 2.05) is 59.4 Å². The maximum atomic E-state index is 6.06. The average molecular weight is 325 g/mol. The summed E-state index contributed by atoms with van der Waals surface area (Å²) in [6, 6.07) is 24.2. The monoisotopic (exact) mass is 325 g/mol. The first kappa shape index (κ1) is 13.9. The quantitative estimate of drug-likeness (QED) is 0.489. The fourth-order valence-corrected chi connectivity index (χ4v) is 3.14. The van der Waals surface area contributed by atoms with E-state index in [0.717, 1.165) is 28.2 Å². The zero-order valence-corrected chi connectivity index (χ0v) is 13.4. The van der Waals surface area contributed by atoms with Crippen molar-refractivity contribution in [2.75, 3.05) is 0 Å².